The number of hydrogen-bond donors (Lipinski definition) is 2. The van der Waals surface area contributed by atoms with E-state index in [1.165, 1.54) is 21.3 Å². The molecule has 196 valence electrons. The zero-order valence-electron chi connectivity index (χ0n) is 21.3. The van der Waals surface area contributed by atoms with E-state index in [0.717, 1.165) is 5.56 Å². The van der Waals surface area contributed by atoms with Crippen LogP contribution in [0.2, 0.25) is 5.02 Å². The first-order valence-corrected chi connectivity index (χ1v) is 12.5. The first kappa shape index (κ1) is 27.0. The van der Waals surface area contributed by atoms with Gasteiger partial charge in [-0.15, -0.1) is 0 Å². The van der Waals surface area contributed by atoms with E-state index in [2.05, 4.69) is 16.7 Å². The van der Waals surface area contributed by atoms with Crippen molar-refractivity contribution in [1.29, 1.82) is 5.26 Å². The number of nitrogens with one attached hydrogen (secondary N) is 2. The molecule has 10 heteroatoms. The number of nitrogens with zero attached hydrogens (tertiary/aromatic N) is 1. The summed E-state index contributed by atoms with van der Waals surface area (Å²) in [4.78, 5) is 13.1. The van der Waals surface area contributed by atoms with Crippen molar-refractivity contribution in [3.63, 3.8) is 0 Å². The summed E-state index contributed by atoms with van der Waals surface area (Å²) in [6.07, 6.45) is 1.07. The molecule has 0 radical (unpaired) electrons. The highest BCUT2D eigenvalue weighted by atomic mass is 35.5. The van der Waals surface area contributed by atoms with Crippen LogP contribution in [-0.2, 0) is 6.42 Å². The molecule has 4 rings (SSSR count). The van der Waals surface area contributed by atoms with Crippen LogP contribution >= 0.6 is 23.8 Å². The molecule has 1 aliphatic rings. The second-order valence-electron chi connectivity index (χ2n) is 8.43. The van der Waals surface area contributed by atoms with Gasteiger partial charge in [0.25, 0.3) is 0 Å². The maximum atomic E-state index is 13.1. The average molecular weight is 552 g/mol. The van der Waals surface area contributed by atoms with Gasteiger partial charge in [0.2, 0.25) is 11.2 Å². The van der Waals surface area contributed by atoms with Crippen LogP contribution in [0.3, 0.4) is 0 Å². The number of ether oxygens (including phenoxy) is 4. The SMILES string of the molecule is COc1c(Cl)c2c(c(OC)c1OC)-c1ccc(OC)c(=O)cc1[C@@H](NC(=S)Nc1cccc(C#N)c1)CC2. The van der Waals surface area contributed by atoms with Crippen molar-refractivity contribution in [3.05, 3.63) is 74.4 Å². The molecule has 3 aromatic rings. The molecular weight excluding hydrogens is 526 g/mol. The third kappa shape index (κ3) is 5.05. The summed E-state index contributed by atoms with van der Waals surface area (Å²) in [7, 11) is 6.03. The van der Waals surface area contributed by atoms with Crippen molar-refractivity contribution in [2.45, 2.75) is 18.9 Å². The summed E-state index contributed by atoms with van der Waals surface area (Å²) in [5, 5.41) is 16.4. The fraction of sp³-hybridized carbons (Fsp3) is 0.250. The lowest BCUT2D eigenvalue weighted by Gasteiger charge is -2.21. The number of benzene rings is 2. The van der Waals surface area contributed by atoms with E-state index < -0.39 is 0 Å². The molecular formula is C28H26ClN3O5S. The van der Waals surface area contributed by atoms with E-state index in [4.69, 9.17) is 42.8 Å². The van der Waals surface area contributed by atoms with E-state index in [1.807, 2.05) is 12.1 Å². The third-order valence-electron chi connectivity index (χ3n) is 6.36. The van der Waals surface area contributed by atoms with Crippen molar-refractivity contribution in [1.82, 2.24) is 5.32 Å². The highest BCUT2D eigenvalue weighted by Gasteiger charge is 2.32. The summed E-state index contributed by atoms with van der Waals surface area (Å²) in [5.74, 6) is 1.36. The van der Waals surface area contributed by atoms with Gasteiger partial charge in [-0.1, -0.05) is 23.7 Å². The molecule has 0 spiro atoms. The van der Waals surface area contributed by atoms with Crippen LogP contribution < -0.4 is 35.0 Å². The fourth-order valence-electron chi connectivity index (χ4n) is 4.68. The number of hydrogen-bond acceptors (Lipinski definition) is 7. The maximum absolute atomic E-state index is 13.1. The van der Waals surface area contributed by atoms with Crippen LogP contribution in [0.15, 0.2) is 47.3 Å². The van der Waals surface area contributed by atoms with Gasteiger partial charge in [-0.25, -0.2) is 0 Å². The van der Waals surface area contributed by atoms with Crippen LogP contribution in [0.1, 0.15) is 29.2 Å². The highest BCUT2D eigenvalue weighted by Crippen LogP contribution is 2.54. The Labute approximate surface area is 231 Å². The van der Waals surface area contributed by atoms with Crippen molar-refractivity contribution in [3.8, 4) is 40.2 Å². The second-order valence-corrected chi connectivity index (χ2v) is 9.22. The van der Waals surface area contributed by atoms with Gasteiger partial charge in [0, 0.05) is 11.3 Å². The van der Waals surface area contributed by atoms with Gasteiger partial charge in [0.05, 0.1) is 51.1 Å². The Kier molecular flexibility index (Phi) is 8.25. The smallest absolute Gasteiger partial charge is 0.220 e. The molecule has 0 fully saturated rings. The van der Waals surface area contributed by atoms with Crippen LogP contribution in [0, 0.1) is 11.3 Å². The van der Waals surface area contributed by atoms with Crippen LogP contribution in [0.25, 0.3) is 11.1 Å². The largest absolute Gasteiger partial charge is 0.493 e. The van der Waals surface area contributed by atoms with Crippen molar-refractivity contribution in [2.24, 2.45) is 0 Å². The van der Waals surface area contributed by atoms with Crippen LogP contribution in [0.5, 0.6) is 23.0 Å². The summed E-state index contributed by atoms with van der Waals surface area (Å²) in [6, 6.07) is 13.7. The maximum Gasteiger partial charge on any atom is 0.220 e. The Morgan fingerprint density at radius 2 is 1.76 bits per heavy atom. The Morgan fingerprint density at radius 3 is 2.42 bits per heavy atom. The minimum absolute atomic E-state index is 0.193. The predicted octanol–water partition coefficient (Wildman–Crippen LogP) is 5.25. The Bertz CT molecular complexity index is 1510. The topological polar surface area (TPSA) is 102 Å². The van der Waals surface area contributed by atoms with Crippen LogP contribution in [0.4, 0.5) is 5.69 Å². The molecule has 0 amide bonds. The molecule has 0 aliphatic heterocycles. The summed E-state index contributed by atoms with van der Waals surface area (Å²) in [5.41, 5.74) is 3.79. The van der Waals surface area contributed by atoms with Gasteiger partial charge < -0.3 is 29.6 Å². The summed E-state index contributed by atoms with van der Waals surface area (Å²) < 4.78 is 22.4. The minimum atomic E-state index is -0.376. The molecule has 38 heavy (non-hydrogen) atoms. The minimum Gasteiger partial charge on any atom is -0.493 e. The van der Waals surface area contributed by atoms with Gasteiger partial charge >= 0.3 is 0 Å². The van der Waals surface area contributed by atoms with Crippen molar-refractivity contribution >= 4 is 34.6 Å². The molecule has 3 aromatic carbocycles. The van der Waals surface area contributed by atoms with Gasteiger partial charge in [-0.05, 0) is 72.1 Å². The molecule has 8 nitrogen and oxygen atoms in total. The third-order valence-corrected chi connectivity index (χ3v) is 6.98. The molecule has 0 aromatic heterocycles. The summed E-state index contributed by atoms with van der Waals surface area (Å²) in [6.45, 7) is 0. The zero-order valence-corrected chi connectivity index (χ0v) is 22.9. The van der Waals surface area contributed by atoms with Gasteiger partial charge in [0.15, 0.2) is 22.4 Å². The number of fused-ring (bicyclic) bond motifs is 3. The molecule has 1 atom stereocenters. The monoisotopic (exact) mass is 551 g/mol. The number of anilines is 1. The molecule has 0 saturated heterocycles. The summed E-state index contributed by atoms with van der Waals surface area (Å²) >= 11 is 12.5. The van der Waals surface area contributed by atoms with E-state index in [1.54, 1.807) is 37.4 Å². The lowest BCUT2D eigenvalue weighted by molar-refractivity contribution is 0.325. The molecule has 0 heterocycles. The van der Waals surface area contributed by atoms with E-state index in [0.29, 0.717) is 68.2 Å². The Balaban J connectivity index is 1.88. The standard InChI is InChI=1S/C28H26ClN3O5S/c1-34-22-11-9-17-19(13-21(22)33)20(32-28(38)31-16-7-5-6-15(12-16)14-30)10-8-18-23(17)25(35-2)27(37-4)26(36-3)24(18)29/h5-7,9,11-13,20H,8,10H2,1-4H3,(H2,31,32,38)/t20-/m0/s1. The lowest BCUT2D eigenvalue weighted by Crippen LogP contribution is -2.32. The van der Waals surface area contributed by atoms with Crippen molar-refractivity contribution in [2.75, 3.05) is 33.8 Å². The van der Waals surface area contributed by atoms with Gasteiger partial charge in [-0.2, -0.15) is 5.26 Å². The van der Waals surface area contributed by atoms with Crippen molar-refractivity contribution < 1.29 is 18.9 Å². The molecule has 1 aliphatic carbocycles. The first-order chi connectivity index (χ1) is 18.4. The van der Waals surface area contributed by atoms with Gasteiger partial charge in [-0.3, -0.25) is 4.79 Å². The predicted molar refractivity (Wildman–Crippen MR) is 151 cm³/mol. The first-order valence-electron chi connectivity index (χ1n) is 11.7. The Hall–Kier alpha value is -4.00. The quantitative estimate of drug-likeness (QED) is 0.398. The molecule has 0 bridgehead atoms. The Morgan fingerprint density at radius 1 is 1.03 bits per heavy atom. The average Bonchev–Trinajstić information content (AvgIpc) is 3.17. The van der Waals surface area contributed by atoms with E-state index >= 15 is 0 Å². The fourth-order valence-corrected chi connectivity index (χ4v) is 5.29. The molecule has 2 N–H and O–H groups in total. The number of halogens is 1. The number of nitriles is 1. The second kappa shape index (κ2) is 11.6. The normalized spacial score (nSPS) is 13.6. The molecule has 0 unspecified atom stereocenters. The highest BCUT2D eigenvalue weighted by molar-refractivity contribution is 7.80. The number of rotatable bonds is 6. The van der Waals surface area contributed by atoms with Crippen LogP contribution in [-0.4, -0.2) is 33.6 Å². The number of methoxy groups -OCH3 is 4. The van der Waals surface area contributed by atoms with E-state index in [-0.39, 0.29) is 17.2 Å². The lowest BCUT2D eigenvalue weighted by atomic mass is 9.95. The van der Waals surface area contributed by atoms with Gasteiger partial charge in [0.1, 0.15) is 0 Å². The number of thiocarbonyl (C=S) groups is 1. The molecule has 0 saturated carbocycles. The van der Waals surface area contributed by atoms with E-state index in [9.17, 15) is 10.1 Å². The zero-order chi connectivity index (χ0) is 27.4.